The van der Waals surface area contributed by atoms with Gasteiger partial charge in [0, 0.05) is 6.42 Å². The first-order valence-electron chi connectivity index (χ1n) is 2.15. The molecule has 0 saturated heterocycles. The predicted octanol–water partition coefficient (Wildman–Crippen LogP) is 1.05. The first-order valence-corrected chi connectivity index (χ1v) is 2.15. The lowest BCUT2D eigenvalue weighted by atomic mass is 10.5. The van der Waals surface area contributed by atoms with Crippen LogP contribution in [0.2, 0.25) is 0 Å². The van der Waals surface area contributed by atoms with Gasteiger partial charge in [0.2, 0.25) is 0 Å². The molecule has 1 N–H and O–H groups in total. The van der Waals surface area contributed by atoms with E-state index in [1.54, 1.807) is 6.92 Å². The third kappa shape index (κ3) is 4.83. The molecule has 0 unspecified atom stereocenters. The average Bonchev–Trinajstić information content (AvgIpc) is 1.66. The van der Waals surface area contributed by atoms with Crippen LogP contribution in [0.5, 0.6) is 0 Å². The molecule has 0 aromatic heterocycles. The van der Waals surface area contributed by atoms with E-state index in [9.17, 15) is 4.79 Å². The summed E-state index contributed by atoms with van der Waals surface area (Å²) >= 11 is 0. The van der Waals surface area contributed by atoms with Gasteiger partial charge in [-0.1, -0.05) is 12.8 Å². The van der Waals surface area contributed by atoms with Gasteiger partial charge in [0.15, 0.2) is 0 Å². The second-order valence-electron chi connectivity index (χ2n) is 1.00. The zero-order valence-corrected chi connectivity index (χ0v) is 4.47. The van der Waals surface area contributed by atoms with E-state index in [1.165, 1.54) is 0 Å². The molecule has 0 aliphatic carbocycles. The lowest BCUT2D eigenvalue weighted by molar-refractivity contribution is 0.134. The molecule has 44 valence electrons. The summed E-state index contributed by atoms with van der Waals surface area (Å²) in [6.07, 6.45) is 1.23. The Morgan fingerprint density at radius 1 is 1.88 bits per heavy atom. The van der Waals surface area contributed by atoms with E-state index in [0.717, 1.165) is 0 Å². The summed E-state index contributed by atoms with van der Waals surface area (Å²) in [5.74, 6) is 2.43. The van der Waals surface area contributed by atoms with Gasteiger partial charge < -0.3 is 9.84 Å². The van der Waals surface area contributed by atoms with Gasteiger partial charge >= 0.3 is 6.16 Å². The highest BCUT2D eigenvalue weighted by atomic mass is 16.7. The fraction of sp³-hybridized carbons (Fsp3) is 0.400. The molecule has 0 aliphatic heterocycles. The van der Waals surface area contributed by atoms with E-state index in [0.29, 0.717) is 6.42 Å². The Labute approximate surface area is 47.3 Å². The Morgan fingerprint density at radius 3 is 2.88 bits per heavy atom. The van der Waals surface area contributed by atoms with E-state index in [4.69, 9.17) is 5.11 Å². The van der Waals surface area contributed by atoms with Gasteiger partial charge in [0.1, 0.15) is 6.11 Å². The molecule has 0 rings (SSSR count). The molecular weight excluding hydrogens is 108 g/mol. The fourth-order valence-corrected chi connectivity index (χ4v) is 0.152. The molecule has 0 aromatic rings. The van der Waals surface area contributed by atoms with Crippen LogP contribution in [-0.2, 0) is 4.74 Å². The molecule has 0 saturated carbocycles. The summed E-state index contributed by atoms with van der Waals surface area (Å²) in [5.41, 5.74) is 0. The van der Waals surface area contributed by atoms with E-state index in [-0.39, 0.29) is 0 Å². The van der Waals surface area contributed by atoms with Crippen LogP contribution < -0.4 is 0 Å². The van der Waals surface area contributed by atoms with Crippen LogP contribution in [0.4, 0.5) is 4.79 Å². The predicted molar refractivity (Wildman–Crippen MR) is 27.2 cm³/mol. The number of hydrogen-bond acceptors (Lipinski definition) is 2. The second-order valence-corrected chi connectivity index (χ2v) is 1.00. The Balaban J connectivity index is 3.29. The van der Waals surface area contributed by atoms with Gasteiger partial charge in [0.25, 0.3) is 0 Å². The summed E-state index contributed by atoms with van der Waals surface area (Å²) in [7, 11) is 0. The van der Waals surface area contributed by atoms with Crippen molar-refractivity contribution in [1.82, 2.24) is 0 Å². The normalized spacial score (nSPS) is 6.62. The van der Waals surface area contributed by atoms with Crippen molar-refractivity contribution >= 4 is 6.16 Å². The van der Waals surface area contributed by atoms with Crippen molar-refractivity contribution in [2.75, 3.05) is 0 Å². The van der Waals surface area contributed by atoms with Gasteiger partial charge in [-0.3, -0.25) is 0 Å². The molecular formula is C5H6O3. The van der Waals surface area contributed by atoms with Crippen LogP contribution in [0.15, 0.2) is 0 Å². The van der Waals surface area contributed by atoms with Crippen molar-refractivity contribution in [2.45, 2.75) is 13.3 Å². The van der Waals surface area contributed by atoms with Gasteiger partial charge in [-0.2, -0.15) is 0 Å². The first kappa shape index (κ1) is 6.83. The maximum Gasteiger partial charge on any atom is 0.520 e. The van der Waals surface area contributed by atoms with Crippen molar-refractivity contribution in [3.8, 4) is 12.0 Å². The van der Waals surface area contributed by atoms with E-state index in [1.807, 2.05) is 6.11 Å². The number of rotatable bonds is 0. The van der Waals surface area contributed by atoms with Crippen LogP contribution in [-0.4, -0.2) is 11.3 Å². The summed E-state index contributed by atoms with van der Waals surface area (Å²) in [6, 6.07) is 0. The van der Waals surface area contributed by atoms with Crippen molar-refractivity contribution in [2.24, 2.45) is 0 Å². The highest BCUT2D eigenvalue weighted by molar-refractivity contribution is 5.58. The molecule has 0 spiro atoms. The van der Waals surface area contributed by atoms with Gasteiger partial charge in [-0.25, -0.2) is 4.79 Å². The number of ether oxygens (including phenoxy) is 1. The molecule has 0 amide bonds. The van der Waals surface area contributed by atoms with E-state index >= 15 is 0 Å². The van der Waals surface area contributed by atoms with Crippen LogP contribution in [0.3, 0.4) is 0 Å². The summed E-state index contributed by atoms with van der Waals surface area (Å²) in [4.78, 5) is 9.55. The molecule has 0 atom stereocenters. The molecule has 0 radical (unpaired) electrons. The number of carboxylic acid groups (broad SMARTS) is 1. The summed E-state index contributed by atoms with van der Waals surface area (Å²) < 4.78 is 3.84. The van der Waals surface area contributed by atoms with Gasteiger partial charge in [0.05, 0.1) is 0 Å². The van der Waals surface area contributed by atoms with Crippen LogP contribution in [0.1, 0.15) is 13.3 Å². The molecule has 0 aliphatic rings. The standard InChI is InChI=1S/C5H6O3/c1-2-3-4-8-5(6)7/h2H2,1H3,(H,6,7). The maximum absolute atomic E-state index is 9.55. The number of carbonyl (C=O) groups is 1. The molecule has 0 aromatic carbocycles. The molecule has 3 nitrogen and oxygen atoms in total. The third-order valence-corrected chi connectivity index (χ3v) is 0.387. The fourth-order valence-electron chi connectivity index (χ4n) is 0.152. The van der Waals surface area contributed by atoms with Gasteiger partial charge in [-0.15, -0.1) is 0 Å². The Kier molecular flexibility index (Phi) is 3.42. The molecule has 0 bridgehead atoms. The smallest absolute Gasteiger partial charge is 0.449 e. The first-order chi connectivity index (χ1) is 3.77. The van der Waals surface area contributed by atoms with Crippen molar-refractivity contribution in [3.63, 3.8) is 0 Å². The minimum Gasteiger partial charge on any atom is -0.449 e. The van der Waals surface area contributed by atoms with Crippen LogP contribution in [0.25, 0.3) is 0 Å². The quantitative estimate of drug-likeness (QED) is 0.378. The minimum absolute atomic E-state index is 0.604. The molecule has 0 heterocycles. The second kappa shape index (κ2) is 4.00. The highest BCUT2D eigenvalue weighted by Gasteiger charge is 1.86. The van der Waals surface area contributed by atoms with Gasteiger partial charge in [-0.05, 0) is 0 Å². The van der Waals surface area contributed by atoms with Crippen molar-refractivity contribution in [3.05, 3.63) is 0 Å². The zero-order chi connectivity index (χ0) is 6.41. The third-order valence-electron chi connectivity index (χ3n) is 0.387. The SMILES string of the molecule is CCC#COC(=O)O. The lowest BCUT2D eigenvalue weighted by Gasteiger charge is -1.79. The Bertz CT molecular complexity index is 128. The lowest BCUT2D eigenvalue weighted by Crippen LogP contribution is -1.91. The van der Waals surface area contributed by atoms with Crippen molar-refractivity contribution in [1.29, 1.82) is 0 Å². The average molecular weight is 114 g/mol. The Hall–Kier alpha value is -1.17. The number of hydrogen-bond donors (Lipinski definition) is 1. The minimum atomic E-state index is -1.36. The monoisotopic (exact) mass is 114 g/mol. The van der Waals surface area contributed by atoms with Crippen LogP contribution in [0, 0.1) is 12.0 Å². The van der Waals surface area contributed by atoms with E-state index in [2.05, 4.69) is 10.7 Å². The topological polar surface area (TPSA) is 46.5 Å². The summed E-state index contributed by atoms with van der Waals surface area (Å²) in [6.45, 7) is 1.80. The van der Waals surface area contributed by atoms with Crippen molar-refractivity contribution < 1.29 is 14.6 Å². The maximum atomic E-state index is 9.55. The summed E-state index contributed by atoms with van der Waals surface area (Å²) in [5, 5.41) is 7.82. The zero-order valence-electron chi connectivity index (χ0n) is 4.47. The Morgan fingerprint density at radius 2 is 2.50 bits per heavy atom. The van der Waals surface area contributed by atoms with E-state index < -0.39 is 6.16 Å². The molecule has 8 heavy (non-hydrogen) atoms. The molecule has 3 heteroatoms. The molecule has 0 fully saturated rings. The van der Waals surface area contributed by atoms with Crippen LogP contribution >= 0.6 is 0 Å². The highest BCUT2D eigenvalue weighted by Crippen LogP contribution is 1.71. The largest absolute Gasteiger partial charge is 0.520 e.